The Hall–Kier alpha value is -0.700. The van der Waals surface area contributed by atoms with E-state index >= 15 is 0 Å². The maximum atomic E-state index is 13.8. The molecule has 2 rings (SSSR count). The first kappa shape index (κ1) is 17.7. The summed E-state index contributed by atoms with van der Waals surface area (Å²) in [6, 6.07) is 2.24. The molecule has 1 aromatic carbocycles. The van der Waals surface area contributed by atoms with E-state index in [1.54, 1.807) is 0 Å². The fourth-order valence-corrected chi connectivity index (χ4v) is 4.64. The van der Waals surface area contributed by atoms with Crippen molar-refractivity contribution in [1.82, 2.24) is 4.31 Å². The van der Waals surface area contributed by atoms with Gasteiger partial charge in [-0.1, -0.05) is 0 Å². The second-order valence-electron chi connectivity index (χ2n) is 5.54. The molecule has 0 radical (unpaired) electrons. The molecule has 0 bridgehead atoms. The van der Waals surface area contributed by atoms with Gasteiger partial charge in [-0.15, -0.1) is 0 Å². The number of ether oxygens (including phenoxy) is 1. The fourth-order valence-electron chi connectivity index (χ4n) is 2.63. The first-order valence-corrected chi connectivity index (χ1v) is 9.29. The Balaban J connectivity index is 2.40. The summed E-state index contributed by atoms with van der Waals surface area (Å²) in [6.45, 7) is 2.63. The van der Waals surface area contributed by atoms with E-state index in [1.807, 2.05) is 6.92 Å². The molecule has 1 aliphatic heterocycles. The topological polar surface area (TPSA) is 72.6 Å². The highest BCUT2D eigenvalue weighted by Crippen LogP contribution is 2.33. The van der Waals surface area contributed by atoms with Gasteiger partial charge in [0.05, 0.1) is 11.6 Å². The predicted octanol–water partition coefficient (Wildman–Crippen LogP) is 2.34. The molecule has 2 unspecified atom stereocenters. The highest BCUT2D eigenvalue weighted by Gasteiger charge is 2.34. The minimum absolute atomic E-state index is 0.0819. The normalized spacial score (nSPS) is 21.6. The lowest BCUT2D eigenvalue weighted by Crippen LogP contribution is -2.45. The number of rotatable bonds is 4. The van der Waals surface area contributed by atoms with E-state index in [-0.39, 0.29) is 27.1 Å². The van der Waals surface area contributed by atoms with E-state index in [0.717, 1.165) is 18.9 Å². The molecular weight excluding hydrogens is 375 g/mol. The van der Waals surface area contributed by atoms with Crippen LogP contribution in [0.4, 0.5) is 4.39 Å². The smallest absolute Gasteiger partial charge is 0.246 e. The maximum absolute atomic E-state index is 13.8. The lowest BCUT2D eigenvalue weighted by molar-refractivity contribution is 0.242. The molecule has 1 aliphatic rings. The largest absolute Gasteiger partial charge is 0.495 e. The summed E-state index contributed by atoms with van der Waals surface area (Å²) < 4.78 is 46.1. The van der Waals surface area contributed by atoms with E-state index < -0.39 is 15.8 Å². The summed E-state index contributed by atoms with van der Waals surface area (Å²) >= 11 is 3.03. The van der Waals surface area contributed by atoms with Crippen molar-refractivity contribution in [2.24, 2.45) is 11.7 Å². The van der Waals surface area contributed by atoms with E-state index in [9.17, 15) is 12.8 Å². The summed E-state index contributed by atoms with van der Waals surface area (Å²) in [5.41, 5.74) is 5.90. The molecule has 8 heteroatoms. The molecule has 1 heterocycles. The van der Waals surface area contributed by atoms with E-state index in [1.165, 1.54) is 17.5 Å². The molecule has 0 saturated carbocycles. The summed E-state index contributed by atoms with van der Waals surface area (Å²) in [5, 5.41) is 0. The molecule has 0 spiro atoms. The van der Waals surface area contributed by atoms with Crippen molar-refractivity contribution < 1.29 is 17.5 Å². The van der Waals surface area contributed by atoms with Crippen LogP contribution >= 0.6 is 15.9 Å². The minimum atomic E-state index is -3.82. The van der Waals surface area contributed by atoms with Crippen molar-refractivity contribution >= 4 is 26.0 Å². The average Bonchev–Trinajstić information content (AvgIpc) is 2.49. The molecule has 0 aliphatic carbocycles. The van der Waals surface area contributed by atoms with Gasteiger partial charge in [-0.2, -0.15) is 4.31 Å². The van der Waals surface area contributed by atoms with Crippen LogP contribution in [-0.2, 0) is 10.0 Å². The van der Waals surface area contributed by atoms with Gasteiger partial charge >= 0.3 is 0 Å². The second-order valence-corrected chi connectivity index (χ2v) is 8.30. The van der Waals surface area contributed by atoms with Gasteiger partial charge in [-0.25, -0.2) is 12.8 Å². The van der Waals surface area contributed by atoms with Crippen LogP contribution in [0.15, 0.2) is 21.5 Å². The molecule has 5 nitrogen and oxygen atoms in total. The van der Waals surface area contributed by atoms with Crippen molar-refractivity contribution in [3.8, 4) is 5.75 Å². The van der Waals surface area contributed by atoms with Gasteiger partial charge < -0.3 is 10.5 Å². The Kier molecular flexibility index (Phi) is 5.47. The Morgan fingerprint density at radius 2 is 2.18 bits per heavy atom. The third-order valence-corrected chi connectivity index (χ3v) is 6.48. The number of nitrogens with two attached hydrogens (primary N) is 1. The number of methoxy groups -OCH3 is 1. The van der Waals surface area contributed by atoms with Crippen LogP contribution in [0.3, 0.4) is 0 Å². The summed E-state index contributed by atoms with van der Waals surface area (Å²) in [7, 11) is -2.46. The molecule has 1 fully saturated rings. The first-order chi connectivity index (χ1) is 10.3. The third-order valence-electron chi connectivity index (χ3n) is 3.99. The Labute approximate surface area is 138 Å². The van der Waals surface area contributed by atoms with Crippen molar-refractivity contribution in [3.05, 3.63) is 22.4 Å². The van der Waals surface area contributed by atoms with Crippen LogP contribution in [0.1, 0.15) is 19.8 Å². The van der Waals surface area contributed by atoms with Crippen LogP contribution < -0.4 is 10.5 Å². The SMILES string of the molecule is COc1cc(Br)c(F)cc1S(=O)(=O)N1CCCC(C(C)N)C1. The number of piperidine rings is 1. The molecule has 22 heavy (non-hydrogen) atoms. The van der Waals surface area contributed by atoms with Crippen LogP contribution in [-0.4, -0.2) is 39.0 Å². The van der Waals surface area contributed by atoms with Crippen molar-refractivity contribution in [1.29, 1.82) is 0 Å². The van der Waals surface area contributed by atoms with Crippen molar-refractivity contribution in [2.75, 3.05) is 20.2 Å². The summed E-state index contributed by atoms with van der Waals surface area (Å²) in [5.74, 6) is -0.411. The standard InChI is InChI=1S/C14H20BrFN2O3S/c1-9(17)10-4-3-5-18(8-10)22(19,20)14-7-12(16)11(15)6-13(14)21-2/h6-7,9-10H,3-5,8,17H2,1-2H3. The third kappa shape index (κ3) is 3.45. The molecule has 2 N–H and O–H groups in total. The van der Waals surface area contributed by atoms with E-state index in [4.69, 9.17) is 10.5 Å². The zero-order chi connectivity index (χ0) is 16.5. The Morgan fingerprint density at radius 1 is 1.50 bits per heavy atom. The molecule has 1 saturated heterocycles. The second kappa shape index (κ2) is 6.82. The Morgan fingerprint density at radius 3 is 2.77 bits per heavy atom. The van der Waals surface area contributed by atoms with Crippen LogP contribution in [0.2, 0.25) is 0 Å². The van der Waals surface area contributed by atoms with Gasteiger partial charge in [0.1, 0.15) is 16.5 Å². The zero-order valence-corrected chi connectivity index (χ0v) is 15.0. The number of hydrogen-bond acceptors (Lipinski definition) is 4. The highest BCUT2D eigenvalue weighted by atomic mass is 79.9. The van der Waals surface area contributed by atoms with Gasteiger partial charge in [0.15, 0.2) is 0 Å². The van der Waals surface area contributed by atoms with Gasteiger partial charge in [0.25, 0.3) is 0 Å². The van der Waals surface area contributed by atoms with Crippen LogP contribution in [0.25, 0.3) is 0 Å². The number of benzene rings is 1. The first-order valence-electron chi connectivity index (χ1n) is 7.06. The van der Waals surface area contributed by atoms with Crippen molar-refractivity contribution in [3.63, 3.8) is 0 Å². The van der Waals surface area contributed by atoms with Gasteiger partial charge in [0, 0.05) is 19.1 Å². The maximum Gasteiger partial charge on any atom is 0.246 e. The summed E-state index contributed by atoms with van der Waals surface area (Å²) in [6.07, 6.45) is 1.64. The molecular formula is C14H20BrFN2O3S. The quantitative estimate of drug-likeness (QED) is 0.850. The van der Waals surface area contributed by atoms with Gasteiger partial charge in [-0.05, 0) is 53.7 Å². The number of nitrogens with zero attached hydrogens (tertiary/aromatic N) is 1. The van der Waals surface area contributed by atoms with E-state index in [0.29, 0.717) is 13.1 Å². The molecule has 1 aromatic rings. The molecule has 2 atom stereocenters. The minimum Gasteiger partial charge on any atom is -0.495 e. The number of halogens is 2. The molecule has 124 valence electrons. The van der Waals surface area contributed by atoms with Crippen LogP contribution in [0, 0.1) is 11.7 Å². The monoisotopic (exact) mass is 394 g/mol. The molecule has 0 aromatic heterocycles. The number of sulfonamides is 1. The zero-order valence-electron chi connectivity index (χ0n) is 12.6. The lowest BCUT2D eigenvalue weighted by Gasteiger charge is -2.34. The predicted molar refractivity (Wildman–Crippen MR) is 85.8 cm³/mol. The van der Waals surface area contributed by atoms with E-state index in [2.05, 4.69) is 15.9 Å². The lowest BCUT2D eigenvalue weighted by atomic mass is 9.93. The Bertz CT molecular complexity index is 652. The van der Waals surface area contributed by atoms with Crippen LogP contribution in [0.5, 0.6) is 5.75 Å². The van der Waals surface area contributed by atoms with Gasteiger partial charge in [0.2, 0.25) is 10.0 Å². The van der Waals surface area contributed by atoms with Gasteiger partial charge in [-0.3, -0.25) is 0 Å². The number of hydrogen-bond donors (Lipinski definition) is 1. The average molecular weight is 395 g/mol. The highest BCUT2D eigenvalue weighted by molar-refractivity contribution is 9.10. The summed E-state index contributed by atoms with van der Waals surface area (Å²) in [4.78, 5) is -0.152. The van der Waals surface area contributed by atoms with Crippen molar-refractivity contribution in [2.45, 2.75) is 30.7 Å². The molecule has 0 amide bonds. The fraction of sp³-hybridized carbons (Fsp3) is 0.571.